The highest BCUT2D eigenvalue weighted by Crippen LogP contribution is 2.49. The van der Waals surface area contributed by atoms with Gasteiger partial charge < -0.3 is 9.80 Å². The molecule has 27 heavy (non-hydrogen) atoms. The summed E-state index contributed by atoms with van der Waals surface area (Å²) in [6, 6.07) is 9.10. The largest absolute Gasteiger partial charge is 0.340 e. The first kappa shape index (κ1) is 17.2. The topological polar surface area (TPSA) is 43.9 Å². The fourth-order valence-electron chi connectivity index (χ4n) is 4.97. The number of hydrogen-bond acceptors (Lipinski definition) is 3. The second-order valence-electron chi connectivity index (χ2n) is 8.64. The number of hydrogen-bond donors (Lipinski definition) is 0. The summed E-state index contributed by atoms with van der Waals surface area (Å²) < 4.78 is 0. The summed E-state index contributed by atoms with van der Waals surface area (Å²) in [6.45, 7) is 4.68. The molecule has 0 spiro atoms. The molecule has 1 aromatic carbocycles. The molecule has 4 fully saturated rings. The molecule has 144 valence electrons. The highest BCUT2D eigenvalue weighted by atomic mass is 16.2. The zero-order valence-electron chi connectivity index (χ0n) is 16.0. The van der Waals surface area contributed by atoms with Gasteiger partial charge in [0.15, 0.2) is 0 Å². The Balaban J connectivity index is 1.19. The molecule has 2 atom stereocenters. The molecule has 2 heterocycles. The Morgan fingerprint density at radius 1 is 1.00 bits per heavy atom. The van der Waals surface area contributed by atoms with E-state index in [-0.39, 0.29) is 11.8 Å². The van der Waals surface area contributed by atoms with Gasteiger partial charge in [0.2, 0.25) is 11.8 Å². The molecule has 5 rings (SSSR count). The van der Waals surface area contributed by atoms with Crippen LogP contribution >= 0.6 is 0 Å². The highest BCUT2D eigenvalue weighted by Gasteiger charge is 2.46. The summed E-state index contributed by atoms with van der Waals surface area (Å²) >= 11 is 0. The summed E-state index contributed by atoms with van der Waals surface area (Å²) in [4.78, 5) is 31.5. The lowest BCUT2D eigenvalue weighted by Gasteiger charge is -2.43. The predicted molar refractivity (Wildman–Crippen MR) is 105 cm³/mol. The predicted octanol–water partition coefficient (Wildman–Crippen LogP) is 2.61. The summed E-state index contributed by atoms with van der Waals surface area (Å²) in [6.07, 6.45) is 6.61. The molecule has 4 aliphatic rings. The molecule has 2 saturated carbocycles. The van der Waals surface area contributed by atoms with Crippen molar-refractivity contribution in [1.29, 1.82) is 0 Å². The van der Waals surface area contributed by atoms with Crippen LogP contribution in [0, 0.1) is 5.92 Å². The lowest BCUT2D eigenvalue weighted by molar-refractivity contribution is -0.135. The van der Waals surface area contributed by atoms with Crippen LogP contribution < -0.4 is 4.90 Å². The Kier molecular flexibility index (Phi) is 4.43. The fourth-order valence-corrected chi connectivity index (χ4v) is 4.97. The molecule has 5 nitrogen and oxygen atoms in total. The van der Waals surface area contributed by atoms with E-state index in [1.807, 2.05) is 17.0 Å². The van der Waals surface area contributed by atoms with Crippen molar-refractivity contribution in [2.75, 3.05) is 37.6 Å². The van der Waals surface area contributed by atoms with Gasteiger partial charge in [-0.1, -0.05) is 18.6 Å². The van der Waals surface area contributed by atoms with Crippen LogP contribution in [0.4, 0.5) is 5.69 Å². The fraction of sp³-hybridized carbons (Fsp3) is 0.636. The highest BCUT2D eigenvalue weighted by molar-refractivity contribution is 5.95. The van der Waals surface area contributed by atoms with Crippen molar-refractivity contribution in [3.8, 4) is 0 Å². The molecule has 5 heteroatoms. The number of amides is 2. The lowest BCUT2D eigenvalue weighted by Crippen LogP contribution is -2.53. The third-order valence-corrected chi connectivity index (χ3v) is 7.01. The van der Waals surface area contributed by atoms with Gasteiger partial charge in [-0.3, -0.25) is 14.5 Å². The normalized spacial score (nSPS) is 29.1. The third-order valence-electron chi connectivity index (χ3n) is 7.01. The Bertz CT molecular complexity index is 737. The standard InChI is InChI=1S/C22H29N3O2/c26-21-8-3-9-25(21)18-7-1-4-16(14-18)19-15-20(19)22(27)24-12-10-23(11-13-24)17-5-2-6-17/h1,4,7,14,17,19-20H,2-3,5-6,8-13,15H2/t19?,20-/m0/s1. The van der Waals surface area contributed by atoms with Crippen molar-refractivity contribution in [3.05, 3.63) is 29.8 Å². The number of anilines is 1. The van der Waals surface area contributed by atoms with Crippen molar-refractivity contribution >= 4 is 17.5 Å². The SMILES string of the molecule is O=C([C@H]1CC1c1cccc(N2CCCC2=O)c1)N1CCN(C2CCC2)CC1. The third kappa shape index (κ3) is 3.27. The Hall–Kier alpha value is -1.88. The molecule has 1 aromatic rings. The van der Waals surface area contributed by atoms with Gasteiger partial charge in [-0.2, -0.15) is 0 Å². The minimum atomic E-state index is 0.143. The van der Waals surface area contributed by atoms with E-state index in [0.29, 0.717) is 18.2 Å². The van der Waals surface area contributed by atoms with Crippen molar-refractivity contribution in [2.24, 2.45) is 5.92 Å². The van der Waals surface area contributed by atoms with Crippen LogP contribution in [0.25, 0.3) is 0 Å². The molecule has 0 bridgehead atoms. The zero-order chi connectivity index (χ0) is 18.4. The number of piperazine rings is 1. The minimum Gasteiger partial charge on any atom is -0.340 e. The molecule has 0 aromatic heterocycles. The zero-order valence-corrected chi connectivity index (χ0v) is 16.0. The van der Waals surface area contributed by atoms with Crippen LogP contribution in [0.1, 0.15) is 50.0 Å². The second-order valence-corrected chi connectivity index (χ2v) is 8.64. The van der Waals surface area contributed by atoms with E-state index >= 15 is 0 Å². The smallest absolute Gasteiger partial charge is 0.227 e. The second kappa shape index (κ2) is 6.93. The maximum absolute atomic E-state index is 12.9. The number of carbonyl (C=O) groups is 2. The van der Waals surface area contributed by atoms with Crippen LogP contribution in [0.2, 0.25) is 0 Å². The Labute approximate surface area is 161 Å². The van der Waals surface area contributed by atoms with E-state index in [4.69, 9.17) is 0 Å². The van der Waals surface area contributed by atoms with Crippen molar-refractivity contribution in [2.45, 2.75) is 50.5 Å². The summed E-state index contributed by atoms with van der Waals surface area (Å²) in [5, 5.41) is 0. The number of nitrogens with zero attached hydrogens (tertiary/aromatic N) is 3. The van der Waals surface area contributed by atoms with Gasteiger partial charge in [0.05, 0.1) is 0 Å². The van der Waals surface area contributed by atoms with Crippen LogP contribution in [0.15, 0.2) is 24.3 Å². The number of carbonyl (C=O) groups excluding carboxylic acids is 2. The Morgan fingerprint density at radius 2 is 1.81 bits per heavy atom. The molecule has 2 aliphatic carbocycles. The molecule has 2 saturated heterocycles. The summed E-state index contributed by atoms with van der Waals surface area (Å²) in [5.41, 5.74) is 2.22. The van der Waals surface area contributed by atoms with Crippen molar-refractivity contribution < 1.29 is 9.59 Å². The van der Waals surface area contributed by atoms with E-state index in [2.05, 4.69) is 21.9 Å². The van der Waals surface area contributed by atoms with Gasteiger partial charge in [0.25, 0.3) is 0 Å². The first-order valence-corrected chi connectivity index (χ1v) is 10.6. The van der Waals surface area contributed by atoms with E-state index < -0.39 is 0 Å². The van der Waals surface area contributed by atoms with Crippen LogP contribution in [0.5, 0.6) is 0 Å². The van der Waals surface area contributed by atoms with Crippen molar-refractivity contribution in [1.82, 2.24) is 9.80 Å². The van der Waals surface area contributed by atoms with Crippen LogP contribution in [0.3, 0.4) is 0 Å². The Morgan fingerprint density at radius 3 is 2.48 bits per heavy atom. The van der Waals surface area contributed by atoms with Crippen LogP contribution in [-0.2, 0) is 9.59 Å². The summed E-state index contributed by atoms with van der Waals surface area (Å²) in [5.74, 6) is 1.04. The van der Waals surface area contributed by atoms with Crippen LogP contribution in [-0.4, -0.2) is 60.4 Å². The lowest BCUT2D eigenvalue weighted by atomic mass is 9.91. The van der Waals surface area contributed by atoms with E-state index in [0.717, 1.165) is 57.3 Å². The number of benzene rings is 1. The van der Waals surface area contributed by atoms with E-state index in [1.165, 1.54) is 24.8 Å². The quantitative estimate of drug-likeness (QED) is 0.822. The van der Waals surface area contributed by atoms with Gasteiger partial charge in [-0.25, -0.2) is 0 Å². The molecule has 2 amide bonds. The van der Waals surface area contributed by atoms with Gasteiger partial charge in [-0.15, -0.1) is 0 Å². The molecule has 0 N–H and O–H groups in total. The average Bonchev–Trinajstić information content (AvgIpc) is 3.34. The van der Waals surface area contributed by atoms with Gasteiger partial charge >= 0.3 is 0 Å². The van der Waals surface area contributed by atoms with Gasteiger partial charge in [-0.05, 0) is 49.3 Å². The van der Waals surface area contributed by atoms with Gasteiger partial charge in [0.1, 0.15) is 0 Å². The molecular formula is C22H29N3O2. The minimum absolute atomic E-state index is 0.143. The first-order chi connectivity index (χ1) is 13.2. The van der Waals surface area contributed by atoms with E-state index in [1.54, 1.807) is 0 Å². The average molecular weight is 367 g/mol. The van der Waals surface area contributed by atoms with Crippen molar-refractivity contribution in [3.63, 3.8) is 0 Å². The first-order valence-electron chi connectivity index (χ1n) is 10.6. The maximum atomic E-state index is 12.9. The maximum Gasteiger partial charge on any atom is 0.227 e. The molecule has 2 aliphatic heterocycles. The number of rotatable bonds is 4. The molecule has 1 unspecified atom stereocenters. The molecule has 0 radical (unpaired) electrons. The van der Waals surface area contributed by atoms with E-state index in [9.17, 15) is 9.59 Å². The summed E-state index contributed by atoms with van der Waals surface area (Å²) in [7, 11) is 0. The van der Waals surface area contributed by atoms with Gasteiger partial charge in [0, 0.05) is 56.8 Å². The molecular weight excluding hydrogens is 338 g/mol. The monoisotopic (exact) mass is 367 g/mol.